The number of pyridine rings is 1. The molecule has 0 aromatic carbocycles. The maximum atomic E-state index is 11.8. The van der Waals surface area contributed by atoms with Crippen molar-refractivity contribution in [3.8, 4) is 0 Å². The van der Waals surface area contributed by atoms with Gasteiger partial charge in [-0.3, -0.25) is 0 Å². The average molecular weight is 277 g/mol. The highest BCUT2D eigenvalue weighted by molar-refractivity contribution is 5.67. The normalized spacial score (nSPS) is 11.0. The summed E-state index contributed by atoms with van der Waals surface area (Å²) in [5.74, 6) is 0.739. The van der Waals surface area contributed by atoms with Gasteiger partial charge in [-0.2, -0.15) is 13.2 Å². The van der Waals surface area contributed by atoms with E-state index in [2.05, 4.69) is 15.0 Å². The number of amides is 1. The number of alkyl halides is 3. The largest absolute Gasteiger partial charge is 0.440 e. The van der Waals surface area contributed by atoms with Crippen LogP contribution in [0.1, 0.15) is 5.56 Å². The Morgan fingerprint density at radius 1 is 1.42 bits per heavy atom. The number of carbonyl (C=O) groups is 1. The molecule has 0 bridgehead atoms. The lowest BCUT2D eigenvalue weighted by Crippen LogP contribution is -2.28. The van der Waals surface area contributed by atoms with Crippen LogP contribution in [0.5, 0.6) is 0 Å². The third kappa shape index (κ3) is 5.94. The molecule has 1 rings (SSSR count). The van der Waals surface area contributed by atoms with Crippen molar-refractivity contribution in [3.63, 3.8) is 0 Å². The van der Waals surface area contributed by atoms with Crippen LogP contribution in [0.15, 0.2) is 18.3 Å². The van der Waals surface area contributed by atoms with Crippen molar-refractivity contribution < 1.29 is 22.7 Å². The number of alkyl carbamates (subject to hydrolysis) is 1. The van der Waals surface area contributed by atoms with Gasteiger partial charge in [0.05, 0.1) is 0 Å². The van der Waals surface area contributed by atoms with E-state index in [4.69, 9.17) is 0 Å². The van der Waals surface area contributed by atoms with Gasteiger partial charge in [0.2, 0.25) is 0 Å². The van der Waals surface area contributed by atoms with Gasteiger partial charge in [0.15, 0.2) is 6.61 Å². The Hall–Kier alpha value is -1.99. The minimum Gasteiger partial charge on any atom is -0.440 e. The van der Waals surface area contributed by atoms with Crippen LogP contribution in [0.2, 0.25) is 0 Å². The Bertz CT molecular complexity index is 418. The van der Waals surface area contributed by atoms with Crippen molar-refractivity contribution in [2.45, 2.75) is 12.7 Å². The second kappa shape index (κ2) is 6.26. The lowest BCUT2D eigenvalue weighted by atomic mass is 10.3. The third-order valence-electron chi connectivity index (χ3n) is 2.07. The number of anilines is 1. The average Bonchev–Trinajstić information content (AvgIpc) is 2.33. The Labute approximate surface area is 108 Å². The minimum absolute atomic E-state index is 0.0530. The van der Waals surface area contributed by atoms with Gasteiger partial charge in [-0.25, -0.2) is 9.78 Å². The van der Waals surface area contributed by atoms with E-state index in [1.807, 2.05) is 14.1 Å². The molecule has 0 fully saturated rings. The molecule has 0 spiro atoms. The van der Waals surface area contributed by atoms with Crippen LogP contribution in [0.3, 0.4) is 0 Å². The molecule has 5 nitrogen and oxygen atoms in total. The first-order valence-electron chi connectivity index (χ1n) is 5.37. The van der Waals surface area contributed by atoms with E-state index in [0.717, 1.165) is 5.82 Å². The zero-order valence-corrected chi connectivity index (χ0v) is 10.5. The highest BCUT2D eigenvalue weighted by atomic mass is 19.4. The molecule has 1 amide bonds. The lowest BCUT2D eigenvalue weighted by molar-refractivity contribution is -0.160. The number of hydrogen-bond acceptors (Lipinski definition) is 4. The summed E-state index contributed by atoms with van der Waals surface area (Å²) in [6, 6.07) is 3.45. The zero-order chi connectivity index (χ0) is 14.5. The Morgan fingerprint density at radius 3 is 2.58 bits per heavy atom. The van der Waals surface area contributed by atoms with Crippen molar-refractivity contribution in [1.82, 2.24) is 10.3 Å². The molecule has 0 radical (unpaired) electrons. The molecule has 1 N–H and O–H groups in total. The van der Waals surface area contributed by atoms with Crippen molar-refractivity contribution in [3.05, 3.63) is 23.9 Å². The standard InChI is InChI=1S/C11H14F3N3O2/c1-17(2)9-4-3-8(5-15-9)6-16-10(18)19-7-11(12,13)14/h3-5H,6-7H2,1-2H3,(H,16,18). The minimum atomic E-state index is -4.52. The van der Waals surface area contributed by atoms with Gasteiger partial charge in [-0.05, 0) is 11.6 Å². The molecule has 0 unspecified atom stereocenters. The van der Waals surface area contributed by atoms with Crippen LogP contribution < -0.4 is 10.2 Å². The first kappa shape index (κ1) is 15.1. The Balaban J connectivity index is 2.38. The van der Waals surface area contributed by atoms with E-state index in [9.17, 15) is 18.0 Å². The van der Waals surface area contributed by atoms with Crippen molar-refractivity contribution in [2.75, 3.05) is 25.6 Å². The van der Waals surface area contributed by atoms with Gasteiger partial charge in [-0.15, -0.1) is 0 Å². The quantitative estimate of drug-likeness (QED) is 0.913. The second-order valence-corrected chi connectivity index (χ2v) is 3.96. The second-order valence-electron chi connectivity index (χ2n) is 3.96. The summed E-state index contributed by atoms with van der Waals surface area (Å²) in [5.41, 5.74) is 0.662. The molecule has 0 aliphatic heterocycles. The molecule has 8 heteroatoms. The highest BCUT2D eigenvalue weighted by Crippen LogP contribution is 2.14. The molecule has 1 aromatic heterocycles. The molecule has 0 saturated carbocycles. The van der Waals surface area contributed by atoms with Gasteiger partial charge in [0.25, 0.3) is 0 Å². The first-order chi connectivity index (χ1) is 8.78. The van der Waals surface area contributed by atoms with Gasteiger partial charge < -0.3 is 15.0 Å². The molecule has 19 heavy (non-hydrogen) atoms. The fourth-order valence-corrected chi connectivity index (χ4v) is 1.16. The van der Waals surface area contributed by atoms with Crippen LogP contribution in [0.25, 0.3) is 0 Å². The summed E-state index contributed by atoms with van der Waals surface area (Å²) in [5, 5.41) is 2.21. The van der Waals surface area contributed by atoms with Gasteiger partial charge in [-0.1, -0.05) is 6.07 Å². The number of ether oxygens (including phenoxy) is 1. The van der Waals surface area contributed by atoms with Crippen LogP contribution in [-0.4, -0.2) is 38.0 Å². The summed E-state index contributed by atoms with van der Waals surface area (Å²) in [6.45, 7) is -1.55. The molecular weight excluding hydrogens is 263 g/mol. The lowest BCUT2D eigenvalue weighted by Gasteiger charge is -2.12. The number of rotatable bonds is 4. The Kier molecular flexibility index (Phi) is 4.96. The van der Waals surface area contributed by atoms with Crippen molar-refractivity contribution in [2.24, 2.45) is 0 Å². The van der Waals surface area contributed by atoms with Crippen LogP contribution >= 0.6 is 0 Å². The maximum absolute atomic E-state index is 11.8. The fraction of sp³-hybridized carbons (Fsp3) is 0.455. The molecule has 1 heterocycles. The van der Waals surface area contributed by atoms with E-state index in [1.165, 1.54) is 6.20 Å². The molecule has 0 aliphatic carbocycles. The molecule has 0 saturated heterocycles. The predicted octanol–water partition coefficient (Wildman–Crippen LogP) is 1.94. The van der Waals surface area contributed by atoms with E-state index >= 15 is 0 Å². The monoisotopic (exact) mass is 277 g/mol. The van der Waals surface area contributed by atoms with Crippen molar-refractivity contribution in [1.29, 1.82) is 0 Å². The fourth-order valence-electron chi connectivity index (χ4n) is 1.16. The molecule has 0 atom stereocenters. The molecular formula is C11H14F3N3O2. The summed E-state index contributed by atoms with van der Waals surface area (Å²) >= 11 is 0. The van der Waals surface area contributed by atoms with E-state index < -0.39 is 18.9 Å². The number of nitrogens with one attached hydrogen (secondary N) is 1. The predicted molar refractivity (Wildman–Crippen MR) is 62.8 cm³/mol. The summed E-state index contributed by atoms with van der Waals surface area (Å²) in [7, 11) is 3.66. The summed E-state index contributed by atoms with van der Waals surface area (Å²) in [6.07, 6.45) is -4.11. The molecule has 106 valence electrons. The summed E-state index contributed by atoms with van der Waals surface area (Å²) in [4.78, 5) is 16.9. The van der Waals surface area contributed by atoms with Gasteiger partial charge in [0, 0.05) is 26.8 Å². The van der Waals surface area contributed by atoms with Crippen molar-refractivity contribution >= 4 is 11.9 Å². The zero-order valence-electron chi connectivity index (χ0n) is 10.5. The molecule has 0 aliphatic rings. The van der Waals surface area contributed by atoms with E-state index in [0.29, 0.717) is 5.56 Å². The Morgan fingerprint density at radius 2 is 2.11 bits per heavy atom. The summed E-state index contributed by atoms with van der Waals surface area (Å²) < 4.78 is 39.3. The van der Waals surface area contributed by atoms with Crippen LogP contribution in [0, 0.1) is 0 Å². The number of nitrogens with zero attached hydrogens (tertiary/aromatic N) is 2. The van der Waals surface area contributed by atoms with Gasteiger partial charge in [0.1, 0.15) is 5.82 Å². The SMILES string of the molecule is CN(C)c1ccc(CNC(=O)OCC(F)(F)F)cn1. The number of aromatic nitrogens is 1. The third-order valence-corrected chi connectivity index (χ3v) is 2.07. The topological polar surface area (TPSA) is 54.5 Å². The first-order valence-corrected chi connectivity index (χ1v) is 5.37. The van der Waals surface area contributed by atoms with E-state index in [-0.39, 0.29) is 6.54 Å². The molecule has 1 aromatic rings. The maximum Gasteiger partial charge on any atom is 0.422 e. The van der Waals surface area contributed by atoms with Crippen LogP contribution in [0.4, 0.5) is 23.8 Å². The number of carbonyl (C=O) groups excluding carboxylic acids is 1. The van der Waals surface area contributed by atoms with Crippen LogP contribution in [-0.2, 0) is 11.3 Å². The number of halogens is 3. The van der Waals surface area contributed by atoms with E-state index in [1.54, 1.807) is 17.0 Å². The van der Waals surface area contributed by atoms with Gasteiger partial charge >= 0.3 is 12.3 Å². The number of hydrogen-bond donors (Lipinski definition) is 1. The highest BCUT2D eigenvalue weighted by Gasteiger charge is 2.29. The smallest absolute Gasteiger partial charge is 0.422 e.